The predicted molar refractivity (Wildman–Crippen MR) is 128 cm³/mol. The average molecular weight is 508 g/mol. The quantitative estimate of drug-likeness (QED) is 0.508. The van der Waals surface area contributed by atoms with Crippen molar-refractivity contribution in [3.63, 3.8) is 0 Å². The molecule has 1 N–H and O–H groups in total. The summed E-state index contributed by atoms with van der Waals surface area (Å²) in [4.78, 5) is 9.31. The van der Waals surface area contributed by atoms with Crippen LogP contribution in [0.4, 0.5) is 10.1 Å². The van der Waals surface area contributed by atoms with Crippen molar-refractivity contribution < 1.29 is 32.2 Å². The summed E-state index contributed by atoms with van der Waals surface area (Å²) >= 11 is 6.09. The van der Waals surface area contributed by atoms with E-state index in [0.717, 1.165) is 17.2 Å². The van der Waals surface area contributed by atoms with E-state index in [4.69, 9.17) is 26.2 Å². The normalized spacial score (nSPS) is 12.6. The van der Waals surface area contributed by atoms with E-state index in [9.17, 15) is 17.6 Å². The van der Waals surface area contributed by atoms with E-state index in [-0.39, 0.29) is 30.2 Å². The van der Waals surface area contributed by atoms with Crippen LogP contribution in [0.1, 0.15) is 13.3 Å². The molecule has 180 valence electrons. The van der Waals surface area contributed by atoms with Crippen LogP contribution in [0.2, 0.25) is 5.02 Å². The molecule has 0 radical (unpaired) electrons. The maximum Gasteiger partial charge on any atom is 0.303 e. The Labute approximate surface area is 202 Å². The molecule has 3 aromatic rings. The number of sulfonamides is 1. The number of anilines is 1. The lowest BCUT2D eigenvalue weighted by Crippen LogP contribution is -2.38. The van der Waals surface area contributed by atoms with Crippen molar-refractivity contribution in [1.82, 2.24) is 0 Å². The Kier molecular flexibility index (Phi) is 8.01. The number of rotatable bonds is 5. The van der Waals surface area contributed by atoms with Crippen molar-refractivity contribution in [2.45, 2.75) is 18.2 Å². The minimum atomic E-state index is -3.95. The summed E-state index contributed by atoms with van der Waals surface area (Å²) in [5, 5.41) is 8.30. The lowest BCUT2D eigenvalue weighted by molar-refractivity contribution is -0.136. The van der Waals surface area contributed by atoms with Crippen LogP contribution in [-0.2, 0) is 14.8 Å². The molecule has 0 bridgehead atoms. The lowest BCUT2D eigenvalue weighted by Gasteiger charge is -2.31. The van der Waals surface area contributed by atoms with Gasteiger partial charge in [-0.25, -0.2) is 12.8 Å². The van der Waals surface area contributed by atoms with Crippen LogP contribution in [0.5, 0.6) is 11.5 Å². The number of benzene rings is 3. The number of hydrogen-bond donors (Lipinski definition) is 1. The van der Waals surface area contributed by atoms with E-state index >= 15 is 0 Å². The van der Waals surface area contributed by atoms with Gasteiger partial charge in [-0.3, -0.25) is 9.10 Å². The third kappa shape index (κ3) is 5.60. The number of hydrogen-bond acceptors (Lipinski definition) is 5. The Morgan fingerprint density at radius 3 is 2.50 bits per heavy atom. The minimum absolute atomic E-state index is 0.0586. The summed E-state index contributed by atoms with van der Waals surface area (Å²) in [6.45, 7) is 1.94. The van der Waals surface area contributed by atoms with Gasteiger partial charge in [-0.2, -0.15) is 0 Å². The Hall–Kier alpha value is -3.30. The molecule has 34 heavy (non-hydrogen) atoms. The Bertz CT molecular complexity index is 1300. The highest BCUT2D eigenvalue weighted by Crippen LogP contribution is 2.39. The second-order valence-corrected chi connectivity index (χ2v) is 9.46. The number of fused-ring (bicyclic) bond motifs is 1. The zero-order chi connectivity index (χ0) is 24.9. The van der Waals surface area contributed by atoms with Crippen molar-refractivity contribution >= 4 is 33.3 Å². The van der Waals surface area contributed by atoms with Gasteiger partial charge in [0, 0.05) is 17.5 Å². The van der Waals surface area contributed by atoms with Gasteiger partial charge in [0.2, 0.25) is 0 Å². The highest BCUT2D eigenvalue weighted by molar-refractivity contribution is 7.92. The van der Waals surface area contributed by atoms with Gasteiger partial charge >= 0.3 is 5.97 Å². The number of aliphatic carboxylic acids is 1. The Morgan fingerprint density at radius 2 is 1.85 bits per heavy atom. The highest BCUT2D eigenvalue weighted by atomic mass is 35.5. The van der Waals surface area contributed by atoms with Gasteiger partial charge in [0.15, 0.2) is 11.6 Å². The highest BCUT2D eigenvalue weighted by Gasteiger charge is 2.31. The standard InChI is InChI=1S/C21H17ClFNO4S.C3H6O2/c1-27-21-13-17(6-7-18(21)23)29(25,26)24-9-10-28-20-8-5-15(12-19(20)24)14-3-2-4-16(22)11-14;1-2-3(4)5/h2-8,11-13H,9-10H2,1H3;2H2,1H3,(H,4,5). The molecule has 4 rings (SSSR count). The van der Waals surface area contributed by atoms with E-state index in [2.05, 4.69) is 0 Å². The average Bonchev–Trinajstić information content (AvgIpc) is 2.83. The molecular weight excluding hydrogens is 485 g/mol. The van der Waals surface area contributed by atoms with E-state index in [1.165, 1.54) is 23.5 Å². The molecule has 0 saturated heterocycles. The van der Waals surface area contributed by atoms with Gasteiger partial charge in [-0.15, -0.1) is 0 Å². The van der Waals surface area contributed by atoms with E-state index in [1.54, 1.807) is 31.2 Å². The fraction of sp³-hybridized carbons (Fsp3) is 0.208. The van der Waals surface area contributed by atoms with Gasteiger partial charge in [0.25, 0.3) is 10.0 Å². The molecule has 0 spiro atoms. The zero-order valence-corrected chi connectivity index (χ0v) is 20.1. The maximum atomic E-state index is 13.7. The van der Waals surface area contributed by atoms with Gasteiger partial charge in [0.05, 0.1) is 24.2 Å². The van der Waals surface area contributed by atoms with E-state index in [1.807, 2.05) is 18.2 Å². The van der Waals surface area contributed by atoms with E-state index < -0.39 is 21.8 Å². The molecule has 10 heteroatoms. The van der Waals surface area contributed by atoms with Crippen molar-refractivity contribution in [2.75, 3.05) is 24.6 Å². The smallest absolute Gasteiger partial charge is 0.303 e. The third-order valence-electron chi connectivity index (χ3n) is 4.95. The molecule has 1 heterocycles. The zero-order valence-electron chi connectivity index (χ0n) is 18.5. The molecule has 0 amide bonds. The molecule has 0 aromatic heterocycles. The first kappa shape index (κ1) is 25.3. The van der Waals surface area contributed by atoms with Crippen LogP contribution in [0, 0.1) is 5.82 Å². The molecule has 0 aliphatic carbocycles. The van der Waals surface area contributed by atoms with Gasteiger partial charge in [0.1, 0.15) is 12.4 Å². The first-order chi connectivity index (χ1) is 16.2. The summed E-state index contributed by atoms with van der Waals surface area (Å²) in [5.74, 6) is -1.05. The maximum absolute atomic E-state index is 13.7. The number of carboxylic acids is 1. The van der Waals surface area contributed by atoms with Crippen molar-refractivity contribution in [3.8, 4) is 22.6 Å². The summed E-state index contributed by atoms with van der Waals surface area (Å²) in [7, 11) is -2.66. The largest absolute Gasteiger partial charge is 0.494 e. The summed E-state index contributed by atoms with van der Waals surface area (Å²) in [6.07, 6.45) is 0.222. The van der Waals surface area contributed by atoms with Crippen LogP contribution in [0.3, 0.4) is 0 Å². The molecule has 1 aliphatic rings. The second kappa shape index (κ2) is 10.8. The fourth-order valence-corrected chi connectivity index (χ4v) is 4.88. The third-order valence-corrected chi connectivity index (χ3v) is 6.99. The summed E-state index contributed by atoms with van der Waals surface area (Å²) in [6, 6.07) is 16.1. The summed E-state index contributed by atoms with van der Waals surface area (Å²) in [5.41, 5.74) is 2.07. The Morgan fingerprint density at radius 1 is 1.15 bits per heavy atom. The molecule has 0 fully saturated rings. The lowest BCUT2D eigenvalue weighted by atomic mass is 10.0. The van der Waals surface area contributed by atoms with Crippen LogP contribution in [-0.4, -0.2) is 39.8 Å². The van der Waals surface area contributed by atoms with Crippen molar-refractivity contribution in [1.29, 1.82) is 0 Å². The van der Waals surface area contributed by atoms with Crippen LogP contribution < -0.4 is 13.8 Å². The molecule has 0 saturated carbocycles. The first-order valence-corrected chi connectivity index (χ1v) is 12.1. The number of carboxylic acid groups (broad SMARTS) is 1. The number of carbonyl (C=O) groups is 1. The van der Waals surface area contributed by atoms with Crippen molar-refractivity contribution in [3.05, 3.63) is 71.5 Å². The van der Waals surface area contributed by atoms with Crippen LogP contribution >= 0.6 is 11.6 Å². The first-order valence-electron chi connectivity index (χ1n) is 10.3. The molecule has 3 aromatic carbocycles. The number of ether oxygens (including phenoxy) is 2. The second-order valence-electron chi connectivity index (χ2n) is 7.16. The monoisotopic (exact) mass is 507 g/mol. The van der Waals surface area contributed by atoms with Crippen LogP contribution in [0.25, 0.3) is 11.1 Å². The number of halogens is 2. The summed E-state index contributed by atoms with van der Waals surface area (Å²) < 4.78 is 52.2. The molecule has 7 nitrogen and oxygen atoms in total. The topological polar surface area (TPSA) is 93.1 Å². The van der Waals surface area contributed by atoms with Gasteiger partial charge < -0.3 is 14.6 Å². The van der Waals surface area contributed by atoms with Gasteiger partial charge in [-0.1, -0.05) is 36.7 Å². The van der Waals surface area contributed by atoms with Gasteiger partial charge in [-0.05, 0) is 47.5 Å². The van der Waals surface area contributed by atoms with Crippen molar-refractivity contribution in [2.24, 2.45) is 0 Å². The fourth-order valence-electron chi connectivity index (χ4n) is 3.22. The number of methoxy groups -OCH3 is 1. The molecule has 0 unspecified atom stereocenters. The predicted octanol–water partition coefficient (Wildman–Crippen LogP) is 5.22. The Balaban J connectivity index is 0.000000588. The molecule has 1 aliphatic heterocycles. The van der Waals surface area contributed by atoms with E-state index in [0.29, 0.717) is 16.5 Å². The minimum Gasteiger partial charge on any atom is -0.494 e. The SMILES string of the molecule is CCC(=O)O.COc1cc(S(=O)(=O)N2CCOc3ccc(-c4cccc(Cl)c4)cc32)ccc1F. The number of nitrogens with zero attached hydrogens (tertiary/aromatic N) is 1. The molecular formula is C24H23ClFNO6S. The molecule has 0 atom stereocenters. The van der Waals surface area contributed by atoms with Crippen LogP contribution in [0.15, 0.2) is 65.6 Å².